The molecule has 10 nitrogen and oxygen atoms in total. The van der Waals surface area contributed by atoms with Crippen molar-refractivity contribution in [2.24, 2.45) is 17.3 Å². The van der Waals surface area contributed by atoms with Crippen LogP contribution in [0.3, 0.4) is 0 Å². The predicted molar refractivity (Wildman–Crippen MR) is 131 cm³/mol. The van der Waals surface area contributed by atoms with Gasteiger partial charge in [0.15, 0.2) is 5.69 Å². The van der Waals surface area contributed by atoms with E-state index in [-0.39, 0.29) is 49.7 Å². The maximum atomic E-state index is 13.0. The first-order valence-electron chi connectivity index (χ1n) is 10.6. The Morgan fingerprint density at radius 2 is 1.72 bits per heavy atom. The van der Waals surface area contributed by atoms with Gasteiger partial charge in [-0.2, -0.15) is 5.10 Å². The number of hydrogen-bond acceptors (Lipinski definition) is 8. The quantitative estimate of drug-likeness (QED) is 0.265. The van der Waals surface area contributed by atoms with Gasteiger partial charge in [0.05, 0.1) is 27.7 Å². The molecule has 0 saturated carbocycles. The van der Waals surface area contributed by atoms with E-state index in [1.165, 1.54) is 29.1 Å². The summed E-state index contributed by atoms with van der Waals surface area (Å²) in [5, 5.41) is 23.6. The first kappa shape index (κ1) is 27.0. The molecule has 0 aliphatic carbocycles. The molecule has 12 heteroatoms. The molecule has 0 aliphatic heterocycles. The molecule has 36 heavy (non-hydrogen) atoms. The molecule has 0 unspecified atom stereocenters. The Hall–Kier alpha value is -3.63. The van der Waals surface area contributed by atoms with Crippen molar-refractivity contribution in [3.63, 3.8) is 0 Å². The second-order valence-electron chi connectivity index (χ2n) is 8.81. The Morgan fingerprint density at radius 3 is 2.44 bits per heavy atom. The fourth-order valence-electron chi connectivity index (χ4n) is 3.44. The van der Waals surface area contributed by atoms with Crippen LogP contribution in [-0.2, 0) is 39.0 Å². The van der Waals surface area contributed by atoms with E-state index >= 15 is 0 Å². The van der Waals surface area contributed by atoms with Crippen molar-refractivity contribution in [1.82, 2.24) is 14.8 Å². The number of hydrogen-bond donors (Lipinski definition) is 1. The van der Waals surface area contributed by atoms with Crippen LogP contribution >= 0.6 is 0 Å². The molecule has 4 aromatic rings. The Kier molecular flexibility index (Phi) is 7.61. The molecule has 0 fully saturated rings. The average Bonchev–Trinajstić information content (AvgIpc) is 3.11. The monoisotopic (exact) mass is 549 g/mol. The summed E-state index contributed by atoms with van der Waals surface area (Å²) in [7, 11) is -2.78. The van der Waals surface area contributed by atoms with E-state index in [1.807, 2.05) is 20.8 Å². The topological polar surface area (TPSA) is 141 Å². The zero-order valence-electron chi connectivity index (χ0n) is 19.9. The molecular weight excluding hydrogens is 527 g/mol. The van der Waals surface area contributed by atoms with Crippen LogP contribution in [-0.4, -0.2) is 34.2 Å². The zero-order valence-corrected chi connectivity index (χ0v) is 21.7. The van der Waals surface area contributed by atoms with Gasteiger partial charge in [-0.15, -0.1) is 10.2 Å². The normalized spacial score (nSPS) is 12.0. The van der Waals surface area contributed by atoms with Gasteiger partial charge in [-0.3, -0.25) is 4.98 Å². The molecule has 0 radical (unpaired) electrons. The summed E-state index contributed by atoms with van der Waals surface area (Å²) in [5.41, 5.74) is 0.498. The van der Waals surface area contributed by atoms with Gasteiger partial charge < -0.3 is 14.6 Å². The summed E-state index contributed by atoms with van der Waals surface area (Å²) in [5.74, 6) is -1.18. The van der Waals surface area contributed by atoms with E-state index in [2.05, 4.69) is 25.0 Å². The van der Waals surface area contributed by atoms with Crippen LogP contribution in [0.2, 0.25) is 0 Å². The van der Waals surface area contributed by atoms with E-state index in [1.54, 1.807) is 43.4 Å². The fraction of sp³-hybridized carbons (Fsp3) is 0.208. The van der Waals surface area contributed by atoms with Gasteiger partial charge in [0, 0.05) is 46.1 Å². The second kappa shape index (κ2) is 10.2. The van der Waals surface area contributed by atoms with Crippen LogP contribution in [0.4, 0.5) is 11.4 Å². The first-order chi connectivity index (χ1) is 16.5. The number of rotatable bonds is 5. The molecule has 0 spiro atoms. The van der Waals surface area contributed by atoms with Gasteiger partial charge in [0.1, 0.15) is 10.0 Å². The molecule has 2 aromatic carbocycles. The number of amides is 1. The van der Waals surface area contributed by atoms with Crippen LogP contribution in [0.5, 0.6) is 5.88 Å². The summed E-state index contributed by atoms with van der Waals surface area (Å²) < 4.78 is 30.8. The maximum Gasteiger partial charge on any atom is 0.238 e. The van der Waals surface area contributed by atoms with Crippen LogP contribution in [0.25, 0.3) is 15.6 Å². The van der Waals surface area contributed by atoms with Gasteiger partial charge in [-0.25, -0.2) is 13.1 Å². The summed E-state index contributed by atoms with van der Waals surface area (Å²) in [4.78, 5) is 16.9. The number of benzene rings is 2. The van der Waals surface area contributed by atoms with Gasteiger partial charge >= 0.3 is 0 Å². The van der Waals surface area contributed by atoms with Crippen LogP contribution in [0.1, 0.15) is 36.8 Å². The Morgan fingerprint density at radius 1 is 1.03 bits per heavy atom. The van der Waals surface area contributed by atoms with Crippen LogP contribution in [0, 0.1) is 0 Å². The summed E-state index contributed by atoms with van der Waals surface area (Å²) in [6, 6.07) is 14.1. The Bertz CT molecular complexity index is 1570. The SMILES string of the molecule is Cn1nc(C(C)(C)C)c(N=Nc2ccccc2C(=O)[N-]S(=O)(=O)c2cccc3cccnc23)c1O.[Ni]. The van der Waals surface area contributed by atoms with E-state index in [9.17, 15) is 18.3 Å². The van der Waals surface area contributed by atoms with Crippen molar-refractivity contribution in [3.8, 4) is 5.88 Å². The van der Waals surface area contributed by atoms with Gasteiger partial charge in [0.2, 0.25) is 5.88 Å². The van der Waals surface area contributed by atoms with Gasteiger partial charge in [-0.05, 0) is 18.2 Å². The fourth-order valence-corrected chi connectivity index (χ4v) is 4.52. The summed E-state index contributed by atoms with van der Waals surface area (Å²) in [6.45, 7) is 5.74. The first-order valence-corrected chi connectivity index (χ1v) is 12.1. The van der Waals surface area contributed by atoms with Crippen molar-refractivity contribution in [2.45, 2.75) is 31.1 Å². The smallest absolute Gasteiger partial charge is 0.238 e. The van der Waals surface area contributed by atoms with Crippen molar-refractivity contribution in [3.05, 3.63) is 76.8 Å². The van der Waals surface area contributed by atoms with E-state index in [4.69, 9.17) is 0 Å². The third-order valence-corrected chi connectivity index (χ3v) is 6.46. The average molecular weight is 550 g/mol. The predicted octanol–water partition coefficient (Wildman–Crippen LogP) is 5.29. The van der Waals surface area contributed by atoms with Gasteiger partial charge in [0.25, 0.3) is 0 Å². The second-order valence-corrected chi connectivity index (χ2v) is 10.4. The molecule has 1 amide bonds. The molecular formula is C24H23N6NiO4S-. The number of aromatic nitrogens is 3. The number of nitrogens with zero attached hydrogens (tertiary/aromatic N) is 6. The minimum Gasteiger partial charge on any atom is -0.537 e. The molecule has 0 atom stereocenters. The molecule has 0 aliphatic rings. The van der Waals surface area contributed by atoms with Crippen molar-refractivity contribution in [2.75, 3.05) is 0 Å². The number of azo groups is 1. The largest absolute Gasteiger partial charge is 0.537 e. The zero-order chi connectivity index (χ0) is 25.4. The van der Waals surface area contributed by atoms with E-state index < -0.39 is 21.3 Å². The van der Waals surface area contributed by atoms with Crippen LogP contribution in [0.15, 0.2) is 75.9 Å². The van der Waals surface area contributed by atoms with Crippen molar-refractivity contribution < 1.29 is 34.8 Å². The van der Waals surface area contributed by atoms with Crippen molar-refractivity contribution >= 4 is 38.2 Å². The Balaban J connectivity index is 0.00000361. The molecule has 190 valence electrons. The number of sulfonamides is 1. The number of aromatic hydroxyl groups is 1. The number of aryl methyl sites for hydroxylation is 1. The standard InChI is InChI=1S/C24H24N6O4S.Ni/c1-24(2,3)21-20(23(32)30(4)28-21)27-26-17-12-6-5-11-16(17)22(31)29-35(33,34)18-13-7-9-15-10-8-14-25-19(15)18;/h5-14H,1-4H3,(H2,26,28,29,31,32);/p-1. The minimum atomic E-state index is -4.36. The summed E-state index contributed by atoms with van der Waals surface area (Å²) in [6.07, 6.45) is 1.47. The van der Waals surface area contributed by atoms with Crippen molar-refractivity contribution in [1.29, 1.82) is 0 Å². The number of pyridine rings is 1. The van der Waals surface area contributed by atoms with E-state index in [0.717, 1.165) is 0 Å². The molecule has 2 aromatic heterocycles. The third kappa shape index (κ3) is 5.29. The summed E-state index contributed by atoms with van der Waals surface area (Å²) >= 11 is 0. The Labute approximate surface area is 218 Å². The molecule has 1 N–H and O–H groups in total. The van der Waals surface area contributed by atoms with Gasteiger partial charge in [-0.1, -0.05) is 57.2 Å². The van der Waals surface area contributed by atoms with Crippen LogP contribution < -0.4 is 0 Å². The third-order valence-electron chi connectivity index (χ3n) is 5.17. The molecule has 0 saturated heterocycles. The maximum absolute atomic E-state index is 13.0. The molecule has 4 rings (SSSR count). The molecule has 0 bridgehead atoms. The number of fused-ring (bicyclic) bond motifs is 1. The molecule has 2 heterocycles. The number of carbonyl (C=O) groups excluding carboxylic acids is 1. The number of para-hydroxylation sites is 1. The minimum absolute atomic E-state index is 0. The van der Waals surface area contributed by atoms with E-state index in [0.29, 0.717) is 11.1 Å². The number of carbonyl (C=O) groups is 1.